The average molecular weight is 821 g/mol. The van der Waals surface area contributed by atoms with Crippen molar-refractivity contribution in [2.24, 2.45) is 17.8 Å². The van der Waals surface area contributed by atoms with Crippen molar-refractivity contribution in [1.82, 2.24) is 0 Å². The van der Waals surface area contributed by atoms with Gasteiger partial charge in [0.25, 0.3) is 0 Å². The van der Waals surface area contributed by atoms with Crippen LogP contribution in [-0.2, 0) is 28.6 Å². The largest absolute Gasteiger partial charge is 0.462 e. The quantitative estimate of drug-likeness (QED) is 0.0346. The van der Waals surface area contributed by atoms with Crippen molar-refractivity contribution in [1.29, 1.82) is 0 Å². The molecule has 344 valence electrons. The number of ether oxygens (including phenoxy) is 3. The molecule has 2 atom stereocenters. The van der Waals surface area contributed by atoms with Crippen LogP contribution >= 0.6 is 0 Å². The van der Waals surface area contributed by atoms with E-state index in [-0.39, 0.29) is 31.1 Å². The fraction of sp³-hybridized carbons (Fsp3) is 0.942. The van der Waals surface area contributed by atoms with E-state index in [1.165, 1.54) is 161 Å². The van der Waals surface area contributed by atoms with E-state index in [1.54, 1.807) is 0 Å². The first-order valence-corrected chi connectivity index (χ1v) is 25.6. The first-order chi connectivity index (χ1) is 28.1. The molecular weight excluding hydrogens is 721 g/mol. The van der Waals surface area contributed by atoms with Crippen molar-refractivity contribution in [2.45, 2.75) is 285 Å². The van der Waals surface area contributed by atoms with Gasteiger partial charge in [0, 0.05) is 19.3 Å². The molecule has 0 heterocycles. The van der Waals surface area contributed by atoms with Crippen molar-refractivity contribution in [3.05, 3.63) is 0 Å². The van der Waals surface area contributed by atoms with Crippen molar-refractivity contribution in [3.63, 3.8) is 0 Å². The lowest BCUT2D eigenvalue weighted by molar-refractivity contribution is -0.167. The summed E-state index contributed by atoms with van der Waals surface area (Å²) in [5, 5.41) is 0. The maximum absolute atomic E-state index is 12.8. The van der Waals surface area contributed by atoms with Crippen molar-refractivity contribution < 1.29 is 28.6 Å². The maximum atomic E-state index is 12.8. The number of carbonyl (C=O) groups is 3. The minimum absolute atomic E-state index is 0.0651. The first-order valence-electron chi connectivity index (χ1n) is 25.6. The Morgan fingerprint density at radius 2 is 0.603 bits per heavy atom. The molecule has 6 heteroatoms. The fourth-order valence-electron chi connectivity index (χ4n) is 7.73. The summed E-state index contributed by atoms with van der Waals surface area (Å²) < 4.78 is 16.8. The van der Waals surface area contributed by atoms with Gasteiger partial charge in [-0.05, 0) is 37.0 Å². The molecule has 0 saturated heterocycles. The number of unbranched alkanes of at least 4 members (excludes halogenated alkanes) is 27. The highest BCUT2D eigenvalue weighted by molar-refractivity contribution is 5.71. The third-order valence-corrected chi connectivity index (χ3v) is 12.0. The molecule has 0 amide bonds. The Balaban J connectivity index is 4.34. The van der Waals surface area contributed by atoms with E-state index in [9.17, 15) is 14.4 Å². The third kappa shape index (κ3) is 44.0. The van der Waals surface area contributed by atoms with E-state index in [4.69, 9.17) is 14.2 Å². The Labute approximate surface area is 361 Å². The van der Waals surface area contributed by atoms with Gasteiger partial charge in [0.05, 0.1) is 0 Å². The summed E-state index contributed by atoms with van der Waals surface area (Å²) in [6.07, 6.45) is 42.2. The van der Waals surface area contributed by atoms with Crippen LogP contribution in [0.3, 0.4) is 0 Å². The summed E-state index contributed by atoms with van der Waals surface area (Å²) >= 11 is 0. The van der Waals surface area contributed by atoms with Gasteiger partial charge >= 0.3 is 17.9 Å². The maximum Gasteiger partial charge on any atom is 0.306 e. The normalized spacial score (nSPS) is 12.6. The van der Waals surface area contributed by atoms with Gasteiger partial charge in [0.2, 0.25) is 0 Å². The van der Waals surface area contributed by atoms with Crippen LogP contribution in [0.5, 0.6) is 0 Å². The van der Waals surface area contributed by atoms with Crippen LogP contribution in [0.15, 0.2) is 0 Å². The molecule has 0 aromatic carbocycles. The molecule has 6 nitrogen and oxygen atoms in total. The summed E-state index contributed by atoms with van der Waals surface area (Å²) in [5.74, 6) is 1.64. The summed E-state index contributed by atoms with van der Waals surface area (Å²) in [6.45, 7) is 13.7. The topological polar surface area (TPSA) is 78.9 Å². The molecule has 58 heavy (non-hydrogen) atoms. The highest BCUT2D eigenvalue weighted by Crippen LogP contribution is 2.18. The van der Waals surface area contributed by atoms with E-state index in [0.717, 1.165) is 75.5 Å². The van der Waals surface area contributed by atoms with Gasteiger partial charge in [-0.25, -0.2) is 0 Å². The molecule has 0 aliphatic carbocycles. The van der Waals surface area contributed by atoms with Gasteiger partial charge in [-0.2, -0.15) is 0 Å². The molecule has 0 aromatic heterocycles. The Bertz CT molecular complexity index is 900. The molecule has 0 rings (SSSR count). The Hall–Kier alpha value is -1.59. The zero-order valence-electron chi connectivity index (χ0n) is 39.8. The highest BCUT2D eigenvalue weighted by atomic mass is 16.6. The van der Waals surface area contributed by atoms with Crippen LogP contribution in [0.25, 0.3) is 0 Å². The number of carbonyl (C=O) groups excluding carboxylic acids is 3. The van der Waals surface area contributed by atoms with Crippen LogP contribution in [0.2, 0.25) is 0 Å². The predicted octanol–water partition coefficient (Wildman–Crippen LogP) is 16.4. The second-order valence-electron chi connectivity index (χ2n) is 19.0. The standard InChI is InChI=1S/C52H100O6/c1-7-48(6)40-34-28-22-18-19-24-30-36-42-51(54)57-45-49(58-52(55)43-37-31-25-17-13-9-11-15-21-27-33-39-47(4)5)44-56-50(53)41-35-29-23-16-12-8-10-14-20-26-32-38-46(2)3/h46-49H,7-45H2,1-6H3/t48?,49-/m0/s1. The molecule has 0 spiro atoms. The van der Waals surface area contributed by atoms with E-state index < -0.39 is 6.10 Å². The molecule has 0 aromatic rings. The Morgan fingerprint density at radius 3 is 0.897 bits per heavy atom. The molecule has 1 unspecified atom stereocenters. The van der Waals surface area contributed by atoms with Gasteiger partial charge in [-0.3, -0.25) is 14.4 Å². The summed E-state index contributed by atoms with van der Waals surface area (Å²) in [5.41, 5.74) is 0. The van der Waals surface area contributed by atoms with Crippen LogP contribution in [-0.4, -0.2) is 37.2 Å². The van der Waals surface area contributed by atoms with Crippen molar-refractivity contribution >= 4 is 17.9 Å². The molecule has 0 fully saturated rings. The predicted molar refractivity (Wildman–Crippen MR) is 247 cm³/mol. The number of hydrogen-bond acceptors (Lipinski definition) is 6. The molecular formula is C52H100O6. The lowest BCUT2D eigenvalue weighted by Gasteiger charge is -2.18. The van der Waals surface area contributed by atoms with E-state index in [0.29, 0.717) is 19.3 Å². The Morgan fingerprint density at radius 1 is 0.345 bits per heavy atom. The zero-order chi connectivity index (χ0) is 42.7. The second kappa shape index (κ2) is 43.5. The van der Waals surface area contributed by atoms with Gasteiger partial charge in [0.1, 0.15) is 13.2 Å². The van der Waals surface area contributed by atoms with Crippen molar-refractivity contribution in [2.75, 3.05) is 13.2 Å². The van der Waals surface area contributed by atoms with Crippen LogP contribution in [0.1, 0.15) is 279 Å². The second-order valence-corrected chi connectivity index (χ2v) is 19.0. The Kier molecular flexibility index (Phi) is 42.3. The highest BCUT2D eigenvalue weighted by Gasteiger charge is 2.19. The number of rotatable bonds is 45. The van der Waals surface area contributed by atoms with Crippen LogP contribution in [0, 0.1) is 17.8 Å². The van der Waals surface area contributed by atoms with E-state index in [2.05, 4.69) is 41.5 Å². The number of esters is 3. The molecule has 0 bridgehead atoms. The van der Waals surface area contributed by atoms with E-state index >= 15 is 0 Å². The molecule has 0 radical (unpaired) electrons. The minimum Gasteiger partial charge on any atom is -0.462 e. The SMILES string of the molecule is CCC(C)CCCCCCCCCCC(=O)OC[C@H](COC(=O)CCCCCCCCCCCCCC(C)C)OC(=O)CCCCCCCCCCCCCC(C)C. The smallest absolute Gasteiger partial charge is 0.306 e. The molecule has 0 aliphatic heterocycles. The lowest BCUT2D eigenvalue weighted by atomic mass is 9.99. The van der Waals surface area contributed by atoms with E-state index in [1.807, 2.05) is 0 Å². The summed E-state index contributed by atoms with van der Waals surface area (Å²) in [6, 6.07) is 0. The fourth-order valence-corrected chi connectivity index (χ4v) is 7.73. The molecule has 0 saturated carbocycles. The van der Waals surface area contributed by atoms with Gasteiger partial charge in [0.15, 0.2) is 6.10 Å². The van der Waals surface area contributed by atoms with Crippen LogP contribution in [0.4, 0.5) is 0 Å². The summed E-state index contributed by atoms with van der Waals surface area (Å²) in [7, 11) is 0. The lowest BCUT2D eigenvalue weighted by Crippen LogP contribution is -2.30. The monoisotopic (exact) mass is 821 g/mol. The van der Waals surface area contributed by atoms with Crippen molar-refractivity contribution in [3.8, 4) is 0 Å². The zero-order valence-corrected chi connectivity index (χ0v) is 39.8. The van der Waals surface area contributed by atoms with Gasteiger partial charge < -0.3 is 14.2 Å². The summed E-state index contributed by atoms with van der Waals surface area (Å²) in [4.78, 5) is 37.9. The third-order valence-electron chi connectivity index (χ3n) is 12.0. The minimum atomic E-state index is -0.763. The van der Waals surface area contributed by atoms with Gasteiger partial charge in [-0.15, -0.1) is 0 Å². The molecule has 0 N–H and O–H groups in total. The van der Waals surface area contributed by atoms with Gasteiger partial charge in [-0.1, -0.05) is 241 Å². The average Bonchev–Trinajstić information content (AvgIpc) is 3.19. The van der Waals surface area contributed by atoms with Crippen LogP contribution < -0.4 is 0 Å². The molecule has 0 aliphatic rings. The number of hydrogen-bond donors (Lipinski definition) is 0. The first kappa shape index (κ1) is 56.4.